The van der Waals surface area contributed by atoms with Gasteiger partial charge in [0, 0.05) is 5.33 Å². The monoisotopic (exact) mass is 400 g/mol. The SMILES string of the molecule is CCOC(=O)C(C/C=C\CBr)(Cc1cccc(F)c1)C(=O)OCC. The third-order valence-electron chi connectivity index (χ3n) is 3.45. The quantitative estimate of drug-likeness (QED) is 0.273. The zero-order valence-electron chi connectivity index (χ0n) is 13.9. The number of allylic oxidation sites excluding steroid dienone is 2. The molecule has 0 amide bonds. The van der Waals surface area contributed by atoms with E-state index in [9.17, 15) is 14.0 Å². The number of alkyl halides is 1. The molecule has 0 N–H and O–H groups in total. The summed E-state index contributed by atoms with van der Waals surface area (Å²) in [5, 5.41) is 0.592. The number of rotatable bonds is 9. The fraction of sp³-hybridized carbons (Fsp3) is 0.444. The largest absolute Gasteiger partial charge is 0.465 e. The van der Waals surface area contributed by atoms with Crippen molar-refractivity contribution in [2.45, 2.75) is 26.7 Å². The molecule has 24 heavy (non-hydrogen) atoms. The summed E-state index contributed by atoms with van der Waals surface area (Å²) in [5.41, 5.74) is -0.998. The Morgan fingerprint density at radius 3 is 2.29 bits per heavy atom. The number of halogens is 2. The maximum absolute atomic E-state index is 13.5. The lowest BCUT2D eigenvalue weighted by Gasteiger charge is -2.28. The van der Waals surface area contributed by atoms with Crippen LogP contribution in [0.25, 0.3) is 0 Å². The van der Waals surface area contributed by atoms with Crippen LogP contribution in [0.5, 0.6) is 0 Å². The van der Waals surface area contributed by atoms with E-state index in [1.54, 1.807) is 38.1 Å². The standard InChI is InChI=1S/C18H22BrFO4/c1-3-23-16(21)18(10-5-6-11-19,17(22)24-4-2)13-14-8-7-9-15(20)12-14/h5-9,12H,3-4,10-11,13H2,1-2H3/b6-5-. The fourth-order valence-electron chi connectivity index (χ4n) is 2.35. The molecular weight excluding hydrogens is 379 g/mol. The Kier molecular flexibility index (Phi) is 8.68. The summed E-state index contributed by atoms with van der Waals surface area (Å²) in [6.07, 6.45) is 3.64. The molecule has 0 radical (unpaired) electrons. The van der Waals surface area contributed by atoms with Crippen molar-refractivity contribution in [3.63, 3.8) is 0 Å². The van der Waals surface area contributed by atoms with E-state index < -0.39 is 23.2 Å². The number of hydrogen-bond donors (Lipinski definition) is 0. The van der Waals surface area contributed by atoms with Crippen LogP contribution in [0.15, 0.2) is 36.4 Å². The van der Waals surface area contributed by atoms with Crippen LogP contribution in [0, 0.1) is 11.2 Å². The number of carbonyl (C=O) groups is 2. The highest BCUT2D eigenvalue weighted by atomic mass is 79.9. The van der Waals surface area contributed by atoms with E-state index in [-0.39, 0.29) is 26.1 Å². The van der Waals surface area contributed by atoms with Crippen molar-refractivity contribution in [1.29, 1.82) is 0 Å². The predicted molar refractivity (Wildman–Crippen MR) is 93.4 cm³/mol. The van der Waals surface area contributed by atoms with Crippen molar-refractivity contribution in [3.05, 3.63) is 47.8 Å². The average molecular weight is 401 g/mol. The fourth-order valence-corrected chi connectivity index (χ4v) is 2.61. The molecule has 0 atom stereocenters. The highest BCUT2D eigenvalue weighted by molar-refractivity contribution is 9.09. The predicted octanol–water partition coefficient (Wildman–Crippen LogP) is 3.82. The Bertz CT molecular complexity index is 568. The van der Waals surface area contributed by atoms with Gasteiger partial charge in [-0.2, -0.15) is 0 Å². The number of benzene rings is 1. The van der Waals surface area contributed by atoms with Gasteiger partial charge in [0.2, 0.25) is 0 Å². The first-order chi connectivity index (χ1) is 11.5. The van der Waals surface area contributed by atoms with Crippen molar-refractivity contribution in [2.24, 2.45) is 5.41 Å². The Hall–Kier alpha value is -1.69. The number of esters is 2. The molecule has 132 valence electrons. The van der Waals surface area contributed by atoms with E-state index in [0.717, 1.165) is 0 Å². The summed E-state index contributed by atoms with van der Waals surface area (Å²) < 4.78 is 23.8. The van der Waals surface area contributed by atoms with Crippen LogP contribution in [0.4, 0.5) is 4.39 Å². The highest BCUT2D eigenvalue weighted by Crippen LogP contribution is 2.32. The first kappa shape index (κ1) is 20.4. The lowest BCUT2D eigenvalue weighted by Crippen LogP contribution is -2.43. The second kappa shape index (κ2) is 10.2. The maximum atomic E-state index is 13.5. The van der Waals surface area contributed by atoms with E-state index in [1.807, 2.05) is 0 Å². The second-order valence-corrected chi connectivity index (χ2v) is 5.81. The van der Waals surface area contributed by atoms with Gasteiger partial charge in [-0.25, -0.2) is 4.39 Å². The topological polar surface area (TPSA) is 52.6 Å². The minimum atomic E-state index is -1.53. The van der Waals surface area contributed by atoms with Crippen LogP contribution >= 0.6 is 15.9 Å². The van der Waals surface area contributed by atoms with Crippen LogP contribution in [-0.4, -0.2) is 30.5 Å². The van der Waals surface area contributed by atoms with Gasteiger partial charge in [0.1, 0.15) is 5.82 Å². The van der Waals surface area contributed by atoms with Gasteiger partial charge in [-0.1, -0.05) is 40.2 Å². The molecule has 0 aliphatic carbocycles. The summed E-state index contributed by atoms with van der Waals surface area (Å²) in [6, 6.07) is 5.83. The maximum Gasteiger partial charge on any atom is 0.324 e. The zero-order chi connectivity index (χ0) is 18.0. The summed E-state index contributed by atoms with van der Waals surface area (Å²) in [7, 11) is 0. The summed E-state index contributed by atoms with van der Waals surface area (Å²) in [6.45, 7) is 3.63. The molecule has 0 unspecified atom stereocenters. The Morgan fingerprint density at radius 1 is 1.17 bits per heavy atom. The van der Waals surface area contributed by atoms with E-state index >= 15 is 0 Å². The molecule has 0 spiro atoms. The molecule has 0 saturated heterocycles. The van der Waals surface area contributed by atoms with Gasteiger partial charge in [-0.05, 0) is 44.4 Å². The molecule has 1 aromatic carbocycles. The Morgan fingerprint density at radius 2 is 1.79 bits per heavy atom. The Labute approximate surface area is 150 Å². The number of ether oxygens (including phenoxy) is 2. The van der Waals surface area contributed by atoms with Crippen molar-refractivity contribution in [1.82, 2.24) is 0 Å². The summed E-state index contributed by atoms with van der Waals surface area (Å²) in [4.78, 5) is 25.2. The lowest BCUT2D eigenvalue weighted by molar-refractivity contribution is -0.171. The molecule has 0 aliphatic rings. The number of hydrogen-bond acceptors (Lipinski definition) is 4. The number of carbonyl (C=O) groups excluding carboxylic acids is 2. The molecule has 6 heteroatoms. The Balaban J connectivity index is 3.28. The average Bonchev–Trinajstić information content (AvgIpc) is 2.54. The molecule has 0 saturated carbocycles. The lowest BCUT2D eigenvalue weighted by atomic mass is 9.78. The molecule has 0 heterocycles. The molecular formula is C18H22BrFO4. The molecule has 0 aromatic heterocycles. The second-order valence-electron chi connectivity index (χ2n) is 5.16. The first-order valence-electron chi connectivity index (χ1n) is 7.80. The molecule has 0 bridgehead atoms. The molecule has 1 aromatic rings. The smallest absolute Gasteiger partial charge is 0.324 e. The minimum absolute atomic E-state index is 0.00898. The first-order valence-corrected chi connectivity index (χ1v) is 8.92. The third-order valence-corrected chi connectivity index (χ3v) is 3.82. The molecule has 0 fully saturated rings. The van der Waals surface area contributed by atoms with Crippen LogP contribution < -0.4 is 0 Å². The zero-order valence-corrected chi connectivity index (χ0v) is 15.5. The van der Waals surface area contributed by atoms with Gasteiger partial charge < -0.3 is 9.47 Å². The van der Waals surface area contributed by atoms with Crippen LogP contribution in [0.3, 0.4) is 0 Å². The molecule has 0 aliphatic heterocycles. The van der Waals surface area contributed by atoms with Crippen molar-refractivity contribution >= 4 is 27.9 Å². The van der Waals surface area contributed by atoms with E-state index in [4.69, 9.17) is 9.47 Å². The molecule has 4 nitrogen and oxygen atoms in total. The van der Waals surface area contributed by atoms with Crippen molar-refractivity contribution in [3.8, 4) is 0 Å². The van der Waals surface area contributed by atoms with Gasteiger partial charge in [-0.15, -0.1) is 0 Å². The summed E-state index contributed by atoms with van der Waals surface area (Å²) >= 11 is 3.26. The third kappa shape index (κ3) is 5.44. The van der Waals surface area contributed by atoms with Gasteiger partial charge in [0.15, 0.2) is 5.41 Å². The van der Waals surface area contributed by atoms with Crippen LogP contribution in [-0.2, 0) is 25.5 Å². The van der Waals surface area contributed by atoms with Gasteiger partial charge in [0.25, 0.3) is 0 Å². The van der Waals surface area contributed by atoms with Gasteiger partial charge >= 0.3 is 11.9 Å². The van der Waals surface area contributed by atoms with Crippen LogP contribution in [0.2, 0.25) is 0 Å². The highest BCUT2D eigenvalue weighted by Gasteiger charge is 2.48. The minimum Gasteiger partial charge on any atom is -0.465 e. The van der Waals surface area contributed by atoms with Crippen molar-refractivity contribution in [2.75, 3.05) is 18.5 Å². The van der Waals surface area contributed by atoms with Gasteiger partial charge in [-0.3, -0.25) is 9.59 Å². The van der Waals surface area contributed by atoms with E-state index in [1.165, 1.54) is 12.1 Å². The van der Waals surface area contributed by atoms with E-state index in [0.29, 0.717) is 10.9 Å². The molecule has 1 rings (SSSR count). The summed E-state index contributed by atoms with van der Waals surface area (Å²) in [5.74, 6) is -1.75. The van der Waals surface area contributed by atoms with Crippen LogP contribution in [0.1, 0.15) is 25.8 Å². The van der Waals surface area contributed by atoms with E-state index in [2.05, 4.69) is 15.9 Å². The van der Waals surface area contributed by atoms with Gasteiger partial charge in [0.05, 0.1) is 13.2 Å². The normalized spacial score (nSPS) is 11.5. The van der Waals surface area contributed by atoms with Crippen molar-refractivity contribution < 1.29 is 23.5 Å².